The zero-order chi connectivity index (χ0) is 19.8. The molecular formula is C23H27N2O3+. The number of hydrogen-bond donors (Lipinski definition) is 1. The van der Waals surface area contributed by atoms with Crippen molar-refractivity contribution in [2.24, 2.45) is 17.8 Å². The zero-order valence-electron chi connectivity index (χ0n) is 16.5. The van der Waals surface area contributed by atoms with Crippen molar-refractivity contribution in [3.8, 4) is 5.75 Å². The second kappa shape index (κ2) is 7.40. The summed E-state index contributed by atoms with van der Waals surface area (Å²) in [5, 5.41) is 2.23. The molecule has 2 aliphatic rings. The summed E-state index contributed by atoms with van der Waals surface area (Å²) in [5.74, 6) is 0.385. The van der Waals surface area contributed by atoms with E-state index in [2.05, 4.69) is 19.2 Å². The van der Waals surface area contributed by atoms with E-state index in [1.807, 2.05) is 54.6 Å². The van der Waals surface area contributed by atoms with Crippen LogP contribution in [-0.2, 0) is 9.59 Å². The molecule has 146 valence electrons. The Morgan fingerprint density at radius 2 is 1.61 bits per heavy atom. The lowest BCUT2D eigenvalue weighted by atomic mass is 9.84. The molecule has 2 saturated heterocycles. The molecule has 2 N–H and O–H groups in total. The van der Waals surface area contributed by atoms with Gasteiger partial charge in [0, 0.05) is 6.42 Å². The minimum absolute atomic E-state index is 0.0690. The first-order valence-electron chi connectivity index (χ1n) is 9.93. The monoisotopic (exact) mass is 379 g/mol. The summed E-state index contributed by atoms with van der Waals surface area (Å²) in [5.41, 5.74) is 1.65. The van der Waals surface area contributed by atoms with Crippen molar-refractivity contribution in [2.45, 2.75) is 32.4 Å². The van der Waals surface area contributed by atoms with Crippen LogP contribution in [0.4, 0.5) is 5.69 Å². The van der Waals surface area contributed by atoms with Gasteiger partial charge in [0.05, 0.1) is 24.4 Å². The number of methoxy groups -OCH3 is 1. The van der Waals surface area contributed by atoms with E-state index < -0.39 is 0 Å². The van der Waals surface area contributed by atoms with Gasteiger partial charge in [0.25, 0.3) is 0 Å². The third-order valence-electron chi connectivity index (χ3n) is 5.96. The zero-order valence-corrected chi connectivity index (χ0v) is 16.5. The lowest BCUT2D eigenvalue weighted by molar-refractivity contribution is -0.712. The Balaban J connectivity index is 1.77. The highest BCUT2D eigenvalue weighted by Crippen LogP contribution is 2.44. The van der Waals surface area contributed by atoms with E-state index in [4.69, 9.17) is 4.74 Å². The second-order valence-corrected chi connectivity index (χ2v) is 8.15. The normalized spacial score (nSPS) is 26.8. The highest BCUT2D eigenvalue weighted by atomic mass is 16.5. The van der Waals surface area contributed by atoms with Gasteiger partial charge in [-0.1, -0.05) is 44.2 Å². The lowest BCUT2D eigenvalue weighted by Gasteiger charge is -2.22. The van der Waals surface area contributed by atoms with Gasteiger partial charge in [-0.05, 0) is 30.2 Å². The minimum Gasteiger partial charge on any atom is -0.496 e. The summed E-state index contributed by atoms with van der Waals surface area (Å²) in [6.07, 6.45) is 0.897. The van der Waals surface area contributed by atoms with Crippen LogP contribution in [0.1, 0.15) is 31.9 Å². The highest BCUT2D eigenvalue weighted by molar-refractivity contribution is 6.22. The summed E-state index contributed by atoms with van der Waals surface area (Å²) in [6.45, 7) is 4.32. The van der Waals surface area contributed by atoms with Gasteiger partial charge in [0.2, 0.25) is 11.8 Å². The van der Waals surface area contributed by atoms with Gasteiger partial charge >= 0.3 is 0 Å². The first-order valence-corrected chi connectivity index (χ1v) is 9.93. The topological polar surface area (TPSA) is 63.2 Å². The van der Waals surface area contributed by atoms with Crippen molar-refractivity contribution in [3.05, 3.63) is 60.2 Å². The van der Waals surface area contributed by atoms with Crippen LogP contribution in [0.3, 0.4) is 0 Å². The Morgan fingerprint density at radius 3 is 2.29 bits per heavy atom. The number of nitrogens with two attached hydrogens (primary N) is 1. The molecule has 0 aromatic heterocycles. The molecule has 2 aromatic rings. The third-order valence-corrected chi connectivity index (χ3v) is 5.96. The molecule has 2 aromatic carbocycles. The number of rotatable bonds is 5. The maximum absolute atomic E-state index is 13.5. The van der Waals surface area contributed by atoms with E-state index in [-0.39, 0.29) is 35.7 Å². The van der Waals surface area contributed by atoms with Crippen LogP contribution in [0.15, 0.2) is 54.6 Å². The van der Waals surface area contributed by atoms with Gasteiger partial charge in [-0.2, -0.15) is 0 Å². The molecule has 2 fully saturated rings. The summed E-state index contributed by atoms with van der Waals surface area (Å²) in [6, 6.07) is 17.1. The van der Waals surface area contributed by atoms with Crippen molar-refractivity contribution in [3.63, 3.8) is 0 Å². The van der Waals surface area contributed by atoms with Gasteiger partial charge < -0.3 is 10.1 Å². The molecule has 0 radical (unpaired) electrons. The summed E-state index contributed by atoms with van der Waals surface area (Å²) >= 11 is 0. The smallest absolute Gasteiger partial charge is 0.244 e. The van der Waals surface area contributed by atoms with Gasteiger partial charge in [0.15, 0.2) is 0 Å². The average Bonchev–Trinajstić information content (AvgIpc) is 3.18. The van der Waals surface area contributed by atoms with E-state index in [1.165, 1.54) is 4.90 Å². The van der Waals surface area contributed by atoms with E-state index in [1.54, 1.807) is 7.11 Å². The van der Waals surface area contributed by atoms with Crippen molar-refractivity contribution in [2.75, 3.05) is 12.0 Å². The summed E-state index contributed by atoms with van der Waals surface area (Å²) < 4.78 is 5.57. The van der Waals surface area contributed by atoms with Crippen LogP contribution < -0.4 is 15.0 Å². The molecule has 4 atom stereocenters. The SMILES string of the molecule is COc1ccccc1[C@@H]1[NH2+][C@@H](CC(C)C)[C@H]2C(=O)N(c3ccccc3)C(=O)[C@@H]21. The number of ether oxygens (including phenoxy) is 1. The lowest BCUT2D eigenvalue weighted by Crippen LogP contribution is -2.89. The molecule has 2 aliphatic heterocycles. The number of carbonyl (C=O) groups is 2. The fourth-order valence-corrected chi connectivity index (χ4v) is 4.89. The van der Waals surface area contributed by atoms with E-state index in [0.717, 1.165) is 17.7 Å². The Labute approximate surface area is 165 Å². The predicted octanol–water partition coefficient (Wildman–Crippen LogP) is 2.53. The number of benzene rings is 2. The maximum atomic E-state index is 13.5. The molecule has 2 amide bonds. The maximum Gasteiger partial charge on any atom is 0.244 e. The first-order chi connectivity index (χ1) is 13.5. The van der Waals surface area contributed by atoms with E-state index in [9.17, 15) is 9.59 Å². The van der Waals surface area contributed by atoms with Gasteiger partial charge in [-0.3, -0.25) is 9.59 Å². The largest absolute Gasteiger partial charge is 0.496 e. The molecule has 5 nitrogen and oxygen atoms in total. The minimum atomic E-state index is -0.368. The predicted molar refractivity (Wildman–Crippen MR) is 107 cm³/mol. The Morgan fingerprint density at radius 1 is 0.964 bits per heavy atom. The number of anilines is 1. The molecule has 0 unspecified atom stereocenters. The fourth-order valence-electron chi connectivity index (χ4n) is 4.89. The van der Waals surface area contributed by atoms with E-state index in [0.29, 0.717) is 11.6 Å². The molecule has 0 spiro atoms. The third kappa shape index (κ3) is 3.00. The summed E-state index contributed by atoms with van der Waals surface area (Å²) in [7, 11) is 1.65. The molecule has 0 bridgehead atoms. The van der Waals surface area contributed by atoms with Crippen molar-refractivity contribution in [1.29, 1.82) is 0 Å². The average molecular weight is 379 g/mol. The number of imide groups is 1. The second-order valence-electron chi connectivity index (χ2n) is 8.15. The van der Waals surface area contributed by atoms with Gasteiger partial charge in [0.1, 0.15) is 23.6 Å². The number of amides is 2. The molecule has 28 heavy (non-hydrogen) atoms. The van der Waals surface area contributed by atoms with Crippen LogP contribution in [0, 0.1) is 17.8 Å². The Kier molecular flexibility index (Phi) is 4.94. The van der Waals surface area contributed by atoms with Crippen LogP contribution in [-0.4, -0.2) is 25.0 Å². The number of fused-ring (bicyclic) bond motifs is 1. The Bertz CT molecular complexity index is 880. The van der Waals surface area contributed by atoms with Crippen molar-refractivity contribution < 1.29 is 19.6 Å². The molecule has 0 aliphatic carbocycles. The van der Waals surface area contributed by atoms with Crippen LogP contribution in [0.5, 0.6) is 5.75 Å². The molecule has 2 heterocycles. The number of hydrogen-bond acceptors (Lipinski definition) is 3. The van der Waals surface area contributed by atoms with Crippen molar-refractivity contribution in [1.82, 2.24) is 0 Å². The summed E-state index contributed by atoms with van der Waals surface area (Å²) in [4.78, 5) is 28.2. The van der Waals surface area contributed by atoms with Crippen LogP contribution in [0.25, 0.3) is 0 Å². The van der Waals surface area contributed by atoms with E-state index >= 15 is 0 Å². The fraction of sp³-hybridized carbons (Fsp3) is 0.391. The standard InChI is InChI=1S/C23H26N2O3/c1-14(2)13-17-19-20(21(24-17)16-11-7-8-12-18(16)28-3)23(27)25(22(19)26)15-9-5-4-6-10-15/h4-12,14,17,19-21,24H,13H2,1-3H3/p+1/t17-,19+,20-,21-/m0/s1. The van der Waals surface area contributed by atoms with Crippen molar-refractivity contribution >= 4 is 17.5 Å². The number of quaternary nitrogens is 1. The highest BCUT2D eigenvalue weighted by Gasteiger charge is 2.62. The van der Waals surface area contributed by atoms with Crippen LogP contribution >= 0.6 is 0 Å². The first kappa shape index (κ1) is 18.7. The van der Waals surface area contributed by atoms with Gasteiger partial charge in [-0.25, -0.2) is 4.90 Å². The number of carbonyl (C=O) groups excluding carboxylic acids is 2. The molecule has 5 heteroatoms. The van der Waals surface area contributed by atoms with Crippen LogP contribution in [0.2, 0.25) is 0 Å². The Hall–Kier alpha value is -2.66. The van der Waals surface area contributed by atoms with Gasteiger partial charge in [-0.15, -0.1) is 0 Å². The quantitative estimate of drug-likeness (QED) is 0.812. The number of para-hydroxylation sites is 2. The molecule has 4 rings (SSSR count). The molecular weight excluding hydrogens is 352 g/mol. The number of nitrogens with zero attached hydrogens (tertiary/aromatic N) is 1. The molecule has 0 saturated carbocycles.